The van der Waals surface area contributed by atoms with Crippen LogP contribution in [-0.4, -0.2) is 36.2 Å². The van der Waals surface area contributed by atoms with Crippen LogP contribution in [0, 0.1) is 5.92 Å². The molecule has 0 saturated carbocycles. The van der Waals surface area contributed by atoms with Gasteiger partial charge in [-0.3, -0.25) is 0 Å². The van der Waals surface area contributed by atoms with E-state index in [0.717, 1.165) is 12.3 Å². The van der Waals surface area contributed by atoms with E-state index in [1.165, 1.54) is 71.0 Å². The summed E-state index contributed by atoms with van der Waals surface area (Å²) in [4.78, 5) is 2.65. The maximum Gasteiger partial charge on any atom is 0.0431 e. The van der Waals surface area contributed by atoms with E-state index in [0.29, 0.717) is 6.61 Å². The lowest BCUT2D eigenvalue weighted by molar-refractivity contribution is 0.179. The molecule has 102 valence electrons. The number of unbranched alkanes of at least 4 members (excludes halogenated alkanes) is 5. The van der Waals surface area contributed by atoms with E-state index in [9.17, 15) is 0 Å². The van der Waals surface area contributed by atoms with Crippen molar-refractivity contribution in [3.8, 4) is 0 Å². The molecular formula is C15H31NO. The first-order valence-electron chi connectivity index (χ1n) is 7.70. The average molecular weight is 241 g/mol. The number of nitrogens with zero attached hydrogens (tertiary/aromatic N) is 1. The highest BCUT2D eigenvalue weighted by atomic mass is 16.2. The van der Waals surface area contributed by atoms with Crippen molar-refractivity contribution in [2.24, 2.45) is 5.92 Å². The number of aliphatic hydroxyl groups excluding tert-OH is 1. The normalized spacial score (nSPS) is 18.7. The van der Waals surface area contributed by atoms with Crippen molar-refractivity contribution in [1.29, 1.82) is 0 Å². The van der Waals surface area contributed by atoms with Crippen LogP contribution in [-0.2, 0) is 0 Å². The van der Waals surface area contributed by atoms with Crippen molar-refractivity contribution in [2.45, 2.75) is 64.7 Å². The Bertz CT molecular complexity index is 164. The molecule has 1 rings (SSSR count). The van der Waals surface area contributed by atoms with Gasteiger partial charge >= 0.3 is 0 Å². The van der Waals surface area contributed by atoms with Gasteiger partial charge in [-0.25, -0.2) is 0 Å². The number of aliphatic hydroxyl groups is 1. The predicted molar refractivity (Wildman–Crippen MR) is 74.2 cm³/mol. The summed E-state index contributed by atoms with van der Waals surface area (Å²) in [6.07, 6.45) is 11.8. The third-order valence-corrected chi connectivity index (χ3v) is 4.17. The number of rotatable bonds is 9. The van der Waals surface area contributed by atoms with Crippen LogP contribution in [0.25, 0.3) is 0 Å². The molecule has 1 aliphatic heterocycles. The van der Waals surface area contributed by atoms with Crippen LogP contribution in [0.5, 0.6) is 0 Å². The van der Waals surface area contributed by atoms with Crippen LogP contribution in [0.2, 0.25) is 0 Å². The third-order valence-electron chi connectivity index (χ3n) is 4.17. The lowest BCUT2D eigenvalue weighted by atomic mass is 9.94. The second-order valence-electron chi connectivity index (χ2n) is 5.54. The van der Waals surface area contributed by atoms with Crippen molar-refractivity contribution in [3.63, 3.8) is 0 Å². The highest BCUT2D eigenvalue weighted by molar-refractivity contribution is 4.71. The summed E-state index contributed by atoms with van der Waals surface area (Å²) in [6.45, 7) is 6.68. The molecule has 0 bridgehead atoms. The number of piperidine rings is 1. The molecule has 1 saturated heterocycles. The summed E-state index contributed by atoms with van der Waals surface area (Å²) in [7, 11) is 0. The first-order valence-corrected chi connectivity index (χ1v) is 7.70. The fourth-order valence-electron chi connectivity index (χ4n) is 2.77. The van der Waals surface area contributed by atoms with E-state index in [-0.39, 0.29) is 0 Å². The van der Waals surface area contributed by atoms with Crippen LogP contribution < -0.4 is 0 Å². The molecule has 1 fully saturated rings. The first kappa shape index (κ1) is 15.0. The van der Waals surface area contributed by atoms with Gasteiger partial charge < -0.3 is 10.0 Å². The zero-order chi connectivity index (χ0) is 12.3. The summed E-state index contributed by atoms with van der Waals surface area (Å²) in [5.74, 6) is 1.00. The molecule has 2 nitrogen and oxygen atoms in total. The first-order chi connectivity index (χ1) is 8.36. The van der Waals surface area contributed by atoms with Gasteiger partial charge in [0.05, 0.1) is 0 Å². The Morgan fingerprint density at radius 2 is 1.53 bits per heavy atom. The van der Waals surface area contributed by atoms with Gasteiger partial charge in [0.1, 0.15) is 0 Å². The molecule has 0 amide bonds. The largest absolute Gasteiger partial charge is 0.396 e. The van der Waals surface area contributed by atoms with E-state index in [1.54, 1.807) is 0 Å². The second-order valence-corrected chi connectivity index (χ2v) is 5.54. The van der Waals surface area contributed by atoms with Gasteiger partial charge in [0.15, 0.2) is 0 Å². The quantitative estimate of drug-likeness (QED) is 0.625. The molecule has 0 radical (unpaired) electrons. The van der Waals surface area contributed by atoms with E-state index >= 15 is 0 Å². The fourth-order valence-corrected chi connectivity index (χ4v) is 2.77. The van der Waals surface area contributed by atoms with Crippen LogP contribution in [0.3, 0.4) is 0 Å². The topological polar surface area (TPSA) is 23.5 Å². The van der Waals surface area contributed by atoms with Gasteiger partial charge in [0.25, 0.3) is 0 Å². The third kappa shape index (κ3) is 7.05. The molecule has 0 unspecified atom stereocenters. The Balaban J connectivity index is 1.87. The Morgan fingerprint density at radius 3 is 2.12 bits per heavy atom. The minimum absolute atomic E-state index is 0.367. The van der Waals surface area contributed by atoms with E-state index in [4.69, 9.17) is 5.11 Å². The van der Waals surface area contributed by atoms with Gasteiger partial charge in [-0.15, -0.1) is 0 Å². The van der Waals surface area contributed by atoms with Crippen LogP contribution in [0.1, 0.15) is 64.7 Å². The average Bonchev–Trinajstić information content (AvgIpc) is 2.38. The number of hydrogen-bond acceptors (Lipinski definition) is 2. The Labute approximate surface area is 107 Å². The fraction of sp³-hybridized carbons (Fsp3) is 1.00. The molecule has 0 aromatic heterocycles. The summed E-state index contributed by atoms with van der Waals surface area (Å²) >= 11 is 0. The maximum atomic E-state index is 8.67. The van der Waals surface area contributed by atoms with Crippen LogP contribution in [0.4, 0.5) is 0 Å². The van der Waals surface area contributed by atoms with Crippen molar-refractivity contribution in [1.82, 2.24) is 4.90 Å². The molecule has 1 N–H and O–H groups in total. The van der Waals surface area contributed by atoms with Gasteiger partial charge in [0, 0.05) is 6.61 Å². The van der Waals surface area contributed by atoms with Crippen molar-refractivity contribution < 1.29 is 5.11 Å². The molecule has 0 aliphatic carbocycles. The Kier molecular flexibility index (Phi) is 8.72. The van der Waals surface area contributed by atoms with Crippen molar-refractivity contribution in [3.05, 3.63) is 0 Å². The highest BCUT2D eigenvalue weighted by Crippen LogP contribution is 2.20. The van der Waals surface area contributed by atoms with Gasteiger partial charge in [-0.1, -0.05) is 39.0 Å². The SMILES string of the molecule is CCC1CCN(CCCCCCCCO)CC1. The maximum absolute atomic E-state index is 8.67. The molecule has 0 aromatic rings. The van der Waals surface area contributed by atoms with Gasteiger partial charge in [-0.2, -0.15) is 0 Å². The lowest BCUT2D eigenvalue weighted by Gasteiger charge is -2.31. The highest BCUT2D eigenvalue weighted by Gasteiger charge is 2.16. The molecule has 1 aliphatic rings. The van der Waals surface area contributed by atoms with E-state index in [2.05, 4.69) is 11.8 Å². The predicted octanol–water partition coefficient (Wildman–Crippen LogP) is 3.44. The molecule has 17 heavy (non-hydrogen) atoms. The van der Waals surface area contributed by atoms with E-state index < -0.39 is 0 Å². The molecule has 0 spiro atoms. The molecular weight excluding hydrogens is 210 g/mol. The van der Waals surface area contributed by atoms with Crippen LogP contribution >= 0.6 is 0 Å². The summed E-state index contributed by atoms with van der Waals surface area (Å²) in [5, 5.41) is 8.67. The lowest BCUT2D eigenvalue weighted by Crippen LogP contribution is -2.34. The van der Waals surface area contributed by atoms with E-state index in [1.807, 2.05) is 0 Å². The standard InChI is InChI=1S/C15H31NO/c1-2-15-9-12-16(13-10-15)11-7-5-3-4-6-8-14-17/h15,17H,2-14H2,1H3. The monoisotopic (exact) mass is 241 g/mol. The Morgan fingerprint density at radius 1 is 0.941 bits per heavy atom. The Hall–Kier alpha value is -0.0800. The molecule has 2 heteroatoms. The van der Waals surface area contributed by atoms with Crippen molar-refractivity contribution in [2.75, 3.05) is 26.2 Å². The van der Waals surface area contributed by atoms with Gasteiger partial charge in [0.2, 0.25) is 0 Å². The zero-order valence-electron chi connectivity index (χ0n) is 11.7. The molecule has 0 aromatic carbocycles. The molecule has 1 heterocycles. The number of hydrogen-bond donors (Lipinski definition) is 1. The molecule has 0 atom stereocenters. The minimum atomic E-state index is 0.367. The summed E-state index contributed by atoms with van der Waals surface area (Å²) < 4.78 is 0. The smallest absolute Gasteiger partial charge is 0.0431 e. The second kappa shape index (κ2) is 9.90. The summed E-state index contributed by atoms with van der Waals surface area (Å²) in [6, 6.07) is 0. The van der Waals surface area contributed by atoms with Crippen LogP contribution in [0.15, 0.2) is 0 Å². The van der Waals surface area contributed by atoms with Gasteiger partial charge in [-0.05, 0) is 51.2 Å². The summed E-state index contributed by atoms with van der Waals surface area (Å²) in [5.41, 5.74) is 0. The minimum Gasteiger partial charge on any atom is -0.396 e. The van der Waals surface area contributed by atoms with Crippen molar-refractivity contribution >= 4 is 0 Å². The number of likely N-dealkylation sites (tertiary alicyclic amines) is 1. The zero-order valence-corrected chi connectivity index (χ0v) is 11.7.